The van der Waals surface area contributed by atoms with Gasteiger partial charge < -0.3 is 14.9 Å². The lowest BCUT2D eigenvalue weighted by atomic mass is 10.1. The van der Waals surface area contributed by atoms with Crippen LogP contribution in [-0.2, 0) is 4.79 Å². The van der Waals surface area contributed by atoms with Crippen LogP contribution in [0, 0.1) is 0 Å². The summed E-state index contributed by atoms with van der Waals surface area (Å²) < 4.78 is 0. The van der Waals surface area contributed by atoms with Gasteiger partial charge in [0.25, 0.3) is 5.91 Å². The highest BCUT2D eigenvalue weighted by molar-refractivity contribution is 5.92. The van der Waals surface area contributed by atoms with E-state index in [1.165, 1.54) is 4.90 Å². The van der Waals surface area contributed by atoms with Crippen LogP contribution >= 0.6 is 0 Å². The number of carboxylic acid groups (broad SMARTS) is 1. The van der Waals surface area contributed by atoms with Crippen LogP contribution in [0.15, 0.2) is 18.3 Å². The van der Waals surface area contributed by atoms with Crippen molar-refractivity contribution in [3.05, 3.63) is 24.0 Å². The van der Waals surface area contributed by atoms with Crippen molar-refractivity contribution in [1.29, 1.82) is 0 Å². The SMILES string of the molecule is CN(C)C(=O)c1cc(N2CCCC2CC(=O)O)ccn1. The van der Waals surface area contributed by atoms with Gasteiger partial charge in [-0.1, -0.05) is 0 Å². The number of carbonyl (C=O) groups excluding carboxylic acids is 1. The summed E-state index contributed by atoms with van der Waals surface area (Å²) in [5, 5.41) is 8.95. The highest BCUT2D eigenvalue weighted by Gasteiger charge is 2.27. The van der Waals surface area contributed by atoms with Crippen molar-refractivity contribution in [2.45, 2.75) is 25.3 Å². The first kappa shape index (κ1) is 14.3. The zero-order chi connectivity index (χ0) is 14.7. The molecule has 0 spiro atoms. The fourth-order valence-corrected chi connectivity index (χ4v) is 2.53. The molecule has 1 amide bonds. The predicted molar refractivity (Wildman–Crippen MR) is 74.9 cm³/mol. The normalized spacial score (nSPS) is 18.1. The van der Waals surface area contributed by atoms with E-state index in [0.717, 1.165) is 25.1 Å². The van der Waals surface area contributed by atoms with Crippen LogP contribution in [0.5, 0.6) is 0 Å². The molecule has 1 saturated heterocycles. The van der Waals surface area contributed by atoms with E-state index in [2.05, 4.69) is 9.88 Å². The molecule has 2 heterocycles. The molecule has 20 heavy (non-hydrogen) atoms. The zero-order valence-electron chi connectivity index (χ0n) is 11.7. The third-order valence-electron chi connectivity index (χ3n) is 3.49. The van der Waals surface area contributed by atoms with E-state index in [9.17, 15) is 9.59 Å². The Morgan fingerprint density at radius 3 is 2.90 bits per heavy atom. The average Bonchev–Trinajstić information content (AvgIpc) is 2.85. The second-order valence-corrected chi connectivity index (χ2v) is 5.19. The molecule has 0 bridgehead atoms. The first-order valence-corrected chi connectivity index (χ1v) is 6.65. The molecular weight excluding hydrogens is 258 g/mol. The highest BCUT2D eigenvalue weighted by Crippen LogP contribution is 2.27. The Morgan fingerprint density at radius 1 is 1.50 bits per heavy atom. The fraction of sp³-hybridized carbons (Fsp3) is 0.500. The van der Waals surface area contributed by atoms with Crippen molar-refractivity contribution in [1.82, 2.24) is 9.88 Å². The van der Waals surface area contributed by atoms with Gasteiger partial charge in [0.2, 0.25) is 0 Å². The molecule has 1 N–H and O–H groups in total. The summed E-state index contributed by atoms with van der Waals surface area (Å²) >= 11 is 0. The number of aliphatic carboxylic acids is 1. The van der Waals surface area contributed by atoms with E-state index in [1.807, 2.05) is 6.07 Å². The second kappa shape index (κ2) is 5.90. The lowest BCUT2D eigenvalue weighted by Crippen LogP contribution is -2.31. The van der Waals surface area contributed by atoms with E-state index in [-0.39, 0.29) is 18.4 Å². The monoisotopic (exact) mass is 277 g/mol. The second-order valence-electron chi connectivity index (χ2n) is 5.19. The summed E-state index contributed by atoms with van der Waals surface area (Å²) in [6.45, 7) is 0.817. The van der Waals surface area contributed by atoms with Gasteiger partial charge in [-0.15, -0.1) is 0 Å². The number of rotatable bonds is 4. The third-order valence-corrected chi connectivity index (χ3v) is 3.49. The highest BCUT2D eigenvalue weighted by atomic mass is 16.4. The number of amides is 1. The topological polar surface area (TPSA) is 73.7 Å². The summed E-state index contributed by atoms with van der Waals surface area (Å²) in [4.78, 5) is 30.4. The van der Waals surface area contributed by atoms with E-state index < -0.39 is 5.97 Å². The maximum absolute atomic E-state index is 11.9. The van der Waals surface area contributed by atoms with Crippen LogP contribution in [0.3, 0.4) is 0 Å². The van der Waals surface area contributed by atoms with Gasteiger partial charge in [-0.2, -0.15) is 0 Å². The van der Waals surface area contributed by atoms with Crippen molar-refractivity contribution in [2.24, 2.45) is 0 Å². The van der Waals surface area contributed by atoms with E-state index in [4.69, 9.17) is 5.11 Å². The molecule has 1 aliphatic heterocycles. The van der Waals surface area contributed by atoms with Crippen LogP contribution in [-0.4, -0.2) is 53.5 Å². The lowest BCUT2D eigenvalue weighted by molar-refractivity contribution is -0.137. The lowest BCUT2D eigenvalue weighted by Gasteiger charge is -2.26. The van der Waals surface area contributed by atoms with Gasteiger partial charge >= 0.3 is 5.97 Å². The van der Waals surface area contributed by atoms with Crippen LogP contribution in [0.1, 0.15) is 29.8 Å². The van der Waals surface area contributed by atoms with Crippen molar-refractivity contribution >= 4 is 17.6 Å². The van der Waals surface area contributed by atoms with Crippen LogP contribution in [0.4, 0.5) is 5.69 Å². The number of pyridine rings is 1. The Bertz CT molecular complexity index is 516. The third kappa shape index (κ3) is 3.07. The van der Waals surface area contributed by atoms with Crippen LogP contribution in [0.25, 0.3) is 0 Å². The van der Waals surface area contributed by atoms with Gasteiger partial charge in [-0.25, -0.2) is 0 Å². The maximum Gasteiger partial charge on any atom is 0.305 e. The molecule has 1 aromatic heterocycles. The van der Waals surface area contributed by atoms with E-state index in [1.54, 1.807) is 26.4 Å². The predicted octanol–water partition coefficient (Wildman–Crippen LogP) is 1.23. The van der Waals surface area contributed by atoms with Crippen LogP contribution < -0.4 is 4.90 Å². The number of hydrogen-bond donors (Lipinski definition) is 1. The summed E-state index contributed by atoms with van der Waals surface area (Å²) in [7, 11) is 3.36. The Labute approximate surface area is 118 Å². The fourth-order valence-electron chi connectivity index (χ4n) is 2.53. The Balaban J connectivity index is 2.22. The molecule has 1 aliphatic rings. The molecule has 1 aromatic rings. The summed E-state index contributed by atoms with van der Waals surface area (Å²) in [6.07, 6.45) is 3.56. The first-order valence-electron chi connectivity index (χ1n) is 6.65. The number of aromatic nitrogens is 1. The Morgan fingerprint density at radius 2 is 2.25 bits per heavy atom. The molecule has 108 valence electrons. The van der Waals surface area contributed by atoms with Gasteiger partial charge in [0.1, 0.15) is 5.69 Å². The van der Waals surface area contributed by atoms with Crippen molar-refractivity contribution < 1.29 is 14.7 Å². The van der Waals surface area contributed by atoms with Crippen molar-refractivity contribution in [2.75, 3.05) is 25.5 Å². The molecule has 6 heteroatoms. The van der Waals surface area contributed by atoms with Gasteiger partial charge in [-0.3, -0.25) is 14.6 Å². The average molecular weight is 277 g/mol. The van der Waals surface area contributed by atoms with Gasteiger partial charge in [0.05, 0.1) is 6.42 Å². The molecule has 6 nitrogen and oxygen atoms in total. The molecule has 2 rings (SSSR count). The molecule has 1 atom stereocenters. The number of anilines is 1. The molecule has 1 unspecified atom stereocenters. The minimum Gasteiger partial charge on any atom is -0.481 e. The van der Waals surface area contributed by atoms with E-state index in [0.29, 0.717) is 5.69 Å². The Hall–Kier alpha value is -2.11. The van der Waals surface area contributed by atoms with E-state index >= 15 is 0 Å². The van der Waals surface area contributed by atoms with Crippen molar-refractivity contribution in [3.8, 4) is 0 Å². The molecule has 0 aromatic carbocycles. The Kier molecular flexibility index (Phi) is 4.22. The minimum atomic E-state index is -0.791. The molecule has 0 saturated carbocycles. The number of carbonyl (C=O) groups is 2. The van der Waals surface area contributed by atoms with Gasteiger partial charge in [0, 0.05) is 38.6 Å². The zero-order valence-corrected chi connectivity index (χ0v) is 11.7. The molecule has 0 aliphatic carbocycles. The number of hydrogen-bond acceptors (Lipinski definition) is 4. The number of carboxylic acids is 1. The minimum absolute atomic E-state index is 0.00259. The standard InChI is InChI=1S/C14H19N3O3/c1-16(2)14(20)12-8-11(5-6-15-12)17-7-3-4-10(17)9-13(18)19/h5-6,8,10H,3-4,7,9H2,1-2H3,(H,18,19). The summed E-state index contributed by atoms with van der Waals surface area (Å²) in [5.41, 5.74) is 1.25. The smallest absolute Gasteiger partial charge is 0.305 e. The largest absolute Gasteiger partial charge is 0.481 e. The molecular formula is C14H19N3O3. The summed E-state index contributed by atoms with van der Waals surface area (Å²) in [6, 6.07) is 3.56. The van der Waals surface area contributed by atoms with Gasteiger partial charge in [0.15, 0.2) is 0 Å². The van der Waals surface area contributed by atoms with Crippen LogP contribution in [0.2, 0.25) is 0 Å². The quantitative estimate of drug-likeness (QED) is 0.896. The number of nitrogens with zero attached hydrogens (tertiary/aromatic N) is 3. The van der Waals surface area contributed by atoms with Crippen molar-refractivity contribution in [3.63, 3.8) is 0 Å². The summed E-state index contributed by atoms with van der Waals surface area (Å²) in [5.74, 6) is -0.943. The van der Waals surface area contributed by atoms with Gasteiger partial charge in [-0.05, 0) is 25.0 Å². The maximum atomic E-state index is 11.9. The molecule has 1 fully saturated rings. The first-order chi connectivity index (χ1) is 9.49. The molecule has 0 radical (unpaired) electrons.